The molecule has 30 heavy (non-hydrogen) atoms. The molecule has 0 saturated carbocycles. The molecule has 7 nitrogen and oxygen atoms in total. The van der Waals surface area contributed by atoms with Crippen molar-refractivity contribution in [3.8, 4) is 0 Å². The first-order valence-electron chi connectivity index (χ1n) is 10.0. The average molecular weight is 412 g/mol. The van der Waals surface area contributed by atoms with Gasteiger partial charge in [-0.05, 0) is 36.3 Å². The Hall–Kier alpha value is -3.19. The number of rotatable bonds is 10. The van der Waals surface area contributed by atoms with Gasteiger partial charge in [-0.15, -0.1) is 0 Å². The molecule has 1 atom stereocenters. The Bertz CT molecular complexity index is 833. The van der Waals surface area contributed by atoms with Crippen molar-refractivity contribution in [2.75, 3.05) is 32.1 Å². The Morgan fingerprint density at radius 3 is 2.17 bits per heavy atom. The molecule has 1 unspecified atom stereocenters. The van der Waals surface area contributed by atoms with E-state index < -0.39 is 5.97 Å². The van der Waals surface area contributed by atoms with Gasteiger partial charge in [0.2, 0.25) is 11.8 Å². The lowest BCUT2D eigenvalue weighted by Crippen LogP contribution is -2.37. The van der Waals surface area contributed by atoms with E-state index in [-0.39, 0.29) is 30.8 Å². The Kier molecular flexibility index (Phi) is 9.03. The molecule has 2 rings (SSSR count). The first-order chi connectivity index (χ1) is 14.5. The van der Waals surface area contributed by atoms with Crippen molar-refractivity contribution in [1.82, 2.24) is 10.2 Å². The third kappa shape index (κ3) is 6.70. The highest BCUT2D eigenvalue weighted by molar-refractivity contribution is 5.95. The molecule has 0 heterocycles. The minimum Gasteiger partial charge on any atom is -0.468 e. The number of nitrogens with zero attached hydrogens (tertiary/aromatic N) is 1. The van der Waals surface area contributed by atoms with Crippen LogP contribution in [0.5, 0.6) is 0 Å². The summed E-state index contributed by atoms with van der Waals surface area (Å²) < 4.78 is 4.49. The first kappa shape index (κ1) is 23.1. The lowest BCUT2D eigenvalue weighted by Gasteiger charge is -2.29. The molecular weight excluding hydrogens is 382 g/mol. The molecule has 0 radical (unpaired) electrons. The maximum atomic E-state index is 13.1. The normalized spacial score (nSPS) is 11.6. The highest BCUT2D eigenvalue weighted by Gasteiger charge is 2.25. The molecule has 0 fully saturated rings. The van der Waals surface area contributed by atoms with Crippen LogP contribution < -0.4 is 10.6 Å². The summed E-state index contributed by atoms with van der Waals surface area (Å²) in [4.78, 5) is 38.1. The molecule has 0 saturated heterocycles. The van der Waals surface area contributed by atoms with Crippen molar-refractivity contribution >= 4 is 23.5 Å². The molecule has 0 aliphatic rings. The molecule has 2 aromatic carbocycles. The standard InChI is InChI=1S/C23H29N3O4/c1-4-26(5-2)22(18-9-7-6-8-10-18)23(29)25-19-13-11-17(12-14-19)15-20(27)24-16-21(28)30-3/h6-14,22H,4-5,15-16H2,1-3H3,(H,24,27)(H,25,29). The van der Waals surface area contributed by atoms with E-state index in [0.717, 1.165) is 24.2 Å². The summed E-state index contributed by atoms with van der Waals surface area (Å²) in [5.41, 5.74) is 2.38. The number of nitrogens with one attached hydrogen (secondary N) is 2. The van der Waals surface area contributed by atoms with Crippen LogP contribution in [-0.2, 0) is 25.5 Å². The number of esters is 1. The average Bonchev–Trinajstić information content (AvgIpc) is 2.77. The molecule has 2 aromatic rings. The van der Waals surface area contributed by atoms with Crippen molar-refractivity contribution in [3.05, 3.63) is 65.7 Å². The fourth-order valence-electron chi connectivity index (χ4n) is 3.16. The number of anilines is 1. The highest BCUT2D eigenvalue weighted by Crippen LogP contribution is 2.23. The quantitative estimate of drug-likeness (QED) is 0.587. The number of hydrogen-bond donors (Lipinski definition) is 2. The van der Waals surface area contributed by atoms with E-state index in [4.69, 9.17) is 0 Å². The number of hydrogen-bond acceptors (Lipinski definition) is 5. The predicted octanol–water partition coefficient (Wildman–Crippen LogP) is 2.54. The summed E-state index contributed by atoms with van der Waals surface area (Å²) in [5, 5.41) is 5.47. The number of likely N-dealkylation sites (N-methyl/N-ethyl adjacent to an activating group) is 1. The minimum atomic E-state index is -0.498. The van der Waals surface area contributed by atoms with E-state index in [2.05, 4.69) is 20.3 Å². The second-order valence-electron chi connectivity index (χ2n) is 6.75. The van der Waals surface area contributed by atoms with E-state index >= 15 is 0 Å². The Balaban J connectivity index is 2.03. The minimum absolute atomic E-state index is 0.103. The topological polar surface area (TPSA) is 87.7 Å². The summed E-state index contributed by atoms with van der Waals surface area (Å²) in [5.74, 6) is -0.876. The van der Waals surface area contributed by atoms with Crippen LogP contribution in [0.2, 0.25) is 0 Å². The zero-order chi connectivity index (χ0) is 21.9. The van der Waals surface area contributed by atoms with Gasteiger partial charge >= 0.3 is 5.97 Å². The summed E-state index contributed by atoms with van der Waals surface area (Å²) in [6.07, 6.45) is 0.136. The van der Waals surface area contributed by atoms with E-state index in [1.807, 2.05) is 44.2 Å². The lowest BCUT2D eigenvalue weighted by molar-refractivity contribution is -0.141. The second-order valence-corrected chi connectivity index (χ2v) is 6.75. The van der Waals surface area contributed by atoms with Crippen LogP contribution >= 0.6 is 0 Å². The third-order valence-corrected chi connectivity index (χ3v) is 4.78. The van der Waals surface area contributed by atoms with Crippen molar-refractivity contribution in [3.63, 3.8) is 0 Å². The zero-order valence-electron chi connectivity index (χ0n) is 17.7. The maximum Gasteiger partial charge on any atom is 0.325 e. The lowest BCUT2D eigenvalue weighted by atomic mass is 10.0. The van der Waals surface area contributed by atoms with Crippen LogP contribution in [0.3, 0.4) is 0 Å². The van der Waals surface area contributed by atoms with E-state index in [9.17, 15) is 14.4 Å². The van der Waals surface area contributed by atoms with Crippen LogP contribution in [0.25, 0.3) is 0 Å². The Morgan fingerprint density at radius 1 is 0.967 bits per heavy atom. The van der Waals surface area contributed by atoms with Gasteiger partial charge in [0.05, 0.1) is 13.5 Å². The largest absolute Gasteiger partial charge is 0.468 e. The van der Waals surface area contributed by atoms with Gasteiger partial charge in [0.25, 0.3) is 0 Å². The molecule has 0 bridgehead atoms. The van der Waals surface area contributed by atoms with Gasteiger partial charge < -0.3 is 15.4 Å². The SMILES string of the molecule is CCN(CC)C(C(=O)Nc1ccc(CC(=O)NCC(=O)OC)cc1)c1ccccc1. The summed E-state index contributed by atoms with van der Waals surface area (Å²) >= 11 is 0. The molecule has 0 aliphatic carbocycles. The van der Waals surface area contributed by atoms with Crippen LogP contribution in [0.15, 0.2) is 54.6 Å². The summed E-state index contributed by atoms with van der Waals surface area (Å²) in [6.45, 7) is 5.42. The van der Waals surface area contributed by atoms with Gasteiger partial charge in [0, 0.05) is 5.69 Å². The fourth-order valence-corrected chi connectivity index (χ4v) is 3.16. The van der Waals surface area contributed by atoms with Gasteiger partial charge in [0.1, 0.15) is 12.6 Å². The van der Waals surface area contributed by atoms with E-state index in [1.165, 1.54) is 7.11 Å². The molecule has 160 valence electrons. The Labute approximate surface area is 177 Å². The number of methoxy groups -OCH3 is 1. The third-order valence-electron chi connectivity index (χ3n) is 4.78. The van der Waals surface area contributed by atoms with Gasteiger partial charge in [-0.2, -0.15) is 0 Å². The van der Waals surface area contributed by atoms with Gasteiger partial charge in [-0.3, -0.25) is 19.3 Å². The number of carbonyl (C=O) groups excluding carboxylic acids is 3. The van der Waals surface area contributed by atoms with Crippen molar-refractivity contribution < 1.29 is 19.1 Å². The second kappa shape index (κ2) is 11.7. The summed E-state index contributed by atoms with van der Waals surface area (Å²) in [7, 11) is 1.27. The molecule has 0 aromatic heterocycles. The van der Waals surface area contributed by atoms with Crippen molar-refractivity contribution in [2.24, 2.45) is 0 Å². The zero-order valence-corrected chi connectivity index (χ0v) is 17.7. The molecule has 7 heteroatoms. The van der Waals surface area contributed by atoms with Crippen LogP contribution in [-0.4, -0.2) is 49.4 Å². The van der Waals surface area contributed by atoms with Crippen molar-refractivity contribution in [2.45, 2.75) is 26.3 Å². The van der Waals surface area contributed by atoms with Crippen LogP contribution in [0.1, 0.15) is 31.0 Å². The summed E-state index contributed by atoms with van der Waals surface area (Å²) in [6, 6.07) is 16.4. The molecular formula is C23H29N3O4. The molecule has 2 N–H and O–H groups in total. The smallest absolute Gasteiger partial charge is 0.325 e. The molecule has 0 aliphatic heterocycles. The van der Waals surface area contributed by atoms with Crippen molar-refractivity contribution in [1.29, 1.82) is 0 Å². The van der Waals surface area contributed by atoms with Crippen LogP contribution in [0.4, 0.5) is 5.69 Å². The Morgan fingerprint density at radius 2 is 1.60 bits per heavy atom. The van der Waals surface area contributed by atoms with Gasteiger partial charge in [-0.1, -0.05) is 56.3 Å². The van der Waals surface area contributed by atoms with E-state index in [1.54, 1.807) is 24.3 Å². The number of carbonyl (C=O) groups is 3. The maximum absolute atomic E-state index is 13.1. The predicted molar refractivity (Wildman–Crippen MR) is 116 cm³/mol. The number of benzene rings is 2. The van der Waals surface area contributed by atoms with Gasteiger partial charge in [0.15, 0.2) is 0 Å². The van der Waals surface area contributed by atoms with E-state index in [0.29, 0.717) is 5.69 Å². The number of amides is 2. The molecule has 2 amide bonds. The highest BCUT2D eigenvalue weighted by atomic mass is 16.5. The first-order valence-corrected chi connectivity index (χ1v) is 10.0. The fraction of sp³-hybridized carbons (Fsp3) is 0.348. The van der Waals surface area contributed by atoms with Crippen LogP contribution in [0, 0.1) is 0 Å². The molecule has 0 spiro atoms. The number of ether oxygens (including phenoxy) is 1. The monoisotopic (exact) mass is 411 g/mol. The van der Waals surface area contributed by atoms with Gasteiger partial charge in [-0.25, -0.2) is 0 Å².